The maximum Gasteiger partial charge on any atom is 0.229 e. The smallest absolute Gasteiger partial charge is 0.229 e. The number of hydrogen-bond donors (Lipinski definition) is 4. The Hall–Kier alpha value is -3.91. The maximum atomic E-state index is 15.4. The van der Waals surface area contributed by atoms with Crippen molar-refractivity contribution in [3.8, 4) is 11.1 Å². The molecule has 0 unspecified atom stereocenters. The fourth-order valence-corrected chi connectivity index (χ4v) is 4.32. The van der Waals surface area contributed by atoms with Crippen molar-refractivity contribution in [3.63, 3.8) is 0 Å². The van der Waals surface area contributed by atoms with Gasteiger partial charge in [-0.15, -0.1) is 0 Å². The van der Waals surface area contributed by atoms with Crippen LogP contribution in [0, 0.1) is 12.7 Å². The van der Waals surface area contributed by atoms with E-state index in [1.54, 1.807) is 6.07 Å². The van der Waals surface area contributed by atoms with Crippen LogP contribution in [0.3, 0.4) is 0 Å². The zero-order chi connectivity index (χ0) is 29.1. The van der Waals surface area contributed by atoms with E-state index < -0.39 is 5.82 Å². The summed E-state index contributed by atoms with van der Waals surface area (Å²) in [6.07, 6.45) is 7.49. The predicted octanol–water partition coefficient (Wildman–Crippen LogP) is 8.79. The Morgan fingerprint density at radius 1 is 1.05 bits per heavy atom. The fourth-order valence-electron chi connectivity index (χ4n) is 4.18. The van der Waals surface area contributed by atoms with Crippen LogP contribution in [0.2, 0.25) is 5.02 Å². The number of anilines is 4. The summed E-state index contributed by atoms with van der Waals surface area (Å²) in [5, 5.41) is 16.7. The highest BCUT2D eigenvalue weighted by Gasteiger charge is 2.14. The van der Waals surface area contributed by atoms with E-state index in [4.69, 9.17) is 11.6 Å². The Morgan fingerprint density at radius 3 is 2.42 bits per heavy atom. The third kappa shape index (κ3) is 7.82. The first-order valence-corrected chi connectivity index (χ1v) is 14.2. The fraction of sp³-hybridized carbons (Fsp3) is 0.323. The van der Waals surface area contributed by atoms with Gasteiger partial charge < -0.3 is 16.0 Å². The number of benzene rings is 2. The van der Waals surface area contributed by atoms with Gasteiger partial charge in [0.1, 0.15) is 10.8 Å². The largest absolute Gasteiger partial charge is 0.388 e. The molecule has 4 N–H and O–H groups in total. The summed E-state index contributed by atoms with van der Waals surface area (Å²) in [6.45, 7) is 10.2. The van der Waals surface area contributed by atoms with E-state index in [1.807, 2.05) is 52.1 Å². The molecule has 0 fully saturated rings. The van der Waals surface area contributed by atoms with Gasteiger partial charge in [0.25, 0.3) is 0 Å². The number of aromatic amines is 1. The molecule has 0 atom stereocenters. The first-order chi connectivity index (χ1) is 19.4. The molecular formula is C31H39ClFN7. The standard InChI is InChI=1S/C29H33ClFN7.C2H6/c1-5-7-9-25(32-4)20-12-10-19(11-13-20)22-16-24(31)26(15-21(22)8-6-2)34-29-33-17-23(30)28(36-29)35-27-14-18(3)37-38-27;1-2/h9-17,32H,5-8H2,1-4H3,(H3,33,34,35,36,37,38);1-2H3/b25-9+;. The monoisotopic (exact) mass is 563 g/mol. The van der Waals surface area contributed by atoms with Crippen molar-refractivity contribution in [2.75, 3.05) is 17.7 Å². The number of unbranched alkanes of at least 4 members (excludes halogenated alkanes) is 1. The summed E-state index contributed by atoms with van der Waals surface area (Å²) >= 11 is 6.27. The molecule has 0 radical (unpaired) electrons. The molecule has 40 heavy (non-hydrogen) atoms. The zero-order valence-electron chi connectivity index (χ0n) is 24.1. The number of nitrogens with one attached hydrogen (secondary N) is 4. The molecule has 212 valence electrons. The number of H-pyrrole nitrogens is 1. The summed E-state index contributed by atoms with van der Waals surface area (Å²) in [4.78, 5) is 8.66. The Bertz CT molecular complexity index is 1410. The van der Waals surface area contributed by atoms with E-state index in [-0.39, 0.29) is 5.95 Å². The van der Waals surface area contributed by atoms with Gasteiger partial charge in [0.15, 0.2) is 11.6 Å². The summed E-state index contributed by atoms with van der Waals surface area (Å²) in [5.74, 6) is 0.777. The number of rotatable bonds is 11. The molecular weight excluding hydrogens is 525 g/mol. The van der Waals surface area contributed by atoms with E-state index in [2.05, 4.69) is 68.2 Å². The minimum absolute atomic E-state index is 0.223. The Morgan fingerprint density at radius 2 is 1.80 bits per heavy atom. The molecule has 0 aliphatic rings. The number of aryl methyl sites for hydroxylation is 2. The second-order valence-electron chi connectivity index (χ2n) is 9.05. The van der Waals surface area contributed by atoms with Gasteiger partial charge in [-0.05, 0) is 54.2 Å². The van der Waals surface area contributed by atoms with E-state index in [1.165, 1.54) is 6.20 Å². The molecule has 0 bridgehead atoms. The van der Waals surface area contributed by atoms with Crippen LogP contribution in [-0.2, 0) is 6.42 Å². The molecule has 0 spiro atoms. The van der Waals surface area contributed by atoms with Crippen LogP contribution in [-0.4, -0.2) is 27.2 Å². The SMILES string of the molecule is CC.CCC/C=C(/NC)c1ccc(-c2cc(F)c(Nc3ncc(Cl)c(Nc4cc(C)[nH]n4)n3)cc2CCC)cc1. The molecule has 0 amide bonds. The average molecular weight is 564 g/mol. The molecule has 2 aromatic carbocycles. The van der Waals surface area contributed by atoms with Gasteiger partial charge in [-0.3, -0.25) is 5.10 Å². The molecule has 2 aromatic heterocycles. The van der Waals surface area contributed by atoms with Crippen molar-refractivity contribution >= 4 is 40.6 Å². The van der Waals surface area contributed by atoms with Crippen LogP contribution in [0.15, 0.2) is 54.7 Å². The highest BCUT2D eigenvalue weighted by molar-refractivity contribution is 6.32. The van der Waals surface area contributed by atoms with Gasteiger partial charge in [0, 0.05) is 24.5 Å². The van der Waals surface area contributed by atoms with Crippen molar-refractivity contribution in [2.24, 2.45) is 0 Å². The number of nitrogens with zero attached hydrogens (tertiary/aromatic N) is 3. The lowest BCUT2D eigenvalue weighted by Crippen LogP contribution is -2.05. The van der Waals surface area contributed by atoms with Gasteiger partial charge in [0.2, 0.25) is 5.95 Å². The number of aromatic nitrogens is 4. The van der Waals surface area contributed by atoms with Crippen molar-refractivity contribution in [1.29, 1.82) is 0 Å². The molecule has 9 heteroatoms. The van der Waals surface area contributed by atoms with Crippen LogP contribution in [0.25, 0.3) is 16.8 Å². The van der Waals surface area contributed by atoms with Crippen LogP contribution < -0.4 is 16.0 Å². The van der Waals surface area contributed by atoms with E-state index in [9.17, 15) is 0 Å². The zero-order valence-corrected chi connectivity index (χ0v) is 24.9. The van der Waals surface area contributed by atoms with Crippen molar-refractivity contribution < 1.29 is 4.39 Å². The summed E-state index contributed by atoms with van der Waals surface area (Å²) in [6, 6.07) is 13.5. The van der Waals surface area contributed by atoms with Crippen LogP contribution in [0.4, 0.5) is 27.7 Å². The number of hydrogen-bond acceptors (Lipinski definition) is 6. The Labute approximate surface area is 241 Å². The lowest BCUT2D eigenvalue weighted by atomic mass is 9.94. The molecule has 4 aromatic rings. The van der Waals surface area contributed by atoms with E-state index in [0.717, 1.165) is 59.3 Å². The van der Waals surface area contributed by atoms with Gasteiger partial charge in [0.05, 0.1) is 11.9 Å². The van der Waals surface area contributed by atoms with Gasteiger partial charge in [-0.1, -0.05) is 82.5 Å². The minimum Gasteiger partial charge on any atom is -0.388 e. The molecule has 2 heterocycles. The molecule has 0 aliphatic carbocycles. The minimum atomic E-state index is -0.390. The molecule has 7 nitrogen and oxygen atoms in total. The Kier molecular flexibility index (Phi) is 11.5. The van der Waals surface area contributed by atoms with Gasteiger partial charge in [-0.2, -0.15) is 10.1 Å². The van der Waals surface area contributed by atoms with Crippen LogP contribution >= 0.6 is 11.6 Å². The van der Waals surface area contributed by atoms with Crippen molar-refractivity contribution in [1.82, 2.24) is 25.5 Å². The maximum absolute atomic E-state index is 15.4. The van der Waals surface area contributed by atoms with E-state index >= 15 is 4.39 Å². The highest BCUT2D eigenvalue weighted by atomic mass is 35.5. The molecule has 4 rings (SSSR count). The normalized spacial score (nSPS) is 11.1. The average Bonchev–Trinajstić information content (AvgIpc) is 3.38. The van der Waals surface area contributed by atoms with Crippen LogP contribution in [0.5, 0.6) is 0 Å². The number of halogens is 2. The first-order valence-electron chi connectivity index (χ1n) is 13.8. The van der Waals surface area contributed by atoms with Gasteiger partial charge in [-0.25, -0.2) is 9.37 Å². The van der Waals surface area contributed by atoms with E-state index in [0.29, 0.717) is 22.3 Å². The topological polar surface area (TPSA) is 90.6 Å². The molecule has 0 saturated carbocycles. The Balaban J connectivity index is 0.00000216. The lowest BCUT2D eigenvalue weighted by molar-refractivity contribution is 0.631. The molecule has 0 saturated heterocycles. The second-order valence-corrected chi connectivity index (χ2v) is 9.46. The second kappa shape index (κ2) is 15.0. The predicted molar refractivity (Wildman–Crippen MR) is 166 cm³/mol. The van der Waals surface area contributed by atoms with Crippen LogP contribution in [0.1, 0.15) is 63.8 Å². The van der Waals surface area contributed by atoms with Crippen molar-refractivity contribution in [2.45, 2.75) is 60.3 Å². The number of allylic oxidation sites excluding steroid dienone is 1. The van der Waals surface area contributed by atoms with Crippen molar-refractivity contribution in [3.05, 3.63) is 82.4 Å². The quantitative estimate of drug-likeness (QED) is 0.146. The summed E-state index contributed by atoms with van der Waals surface area (Å²) in [7, 11) is 1.93. The van der Waals surface area contributed by atoms with Gasteiger partial charge >= 0.3 is 0 Å². The summed E-state index contributed by atoms with van der Waals surface area (Å²) < 4.78 is 15.4. The lowest BCUT2D eigenvalue weighted by Gasteiger charge is -2.15. The third-order valence-corrected chi connectivity index (χ3v) is 6.35. The third-order valence-electron chi connectivity index (χ3n) is 6.07. The molecule has 0 aliphatic heterocycles. The summed E-state index contributed by atoms with van der Waals surface area (Å²) in [5.41, 5.74) is 6.28. The highest BCUT2D eigenvalue weighted by Crippen LogP contribution is 2.32. The first kappa shape index (κ1) is 30.6.